The van der Waals surface area contributed by atoms with Gasteiger partial charge in [-0.1, -0.05) is 24.3 Å². The van der Waals surface area contributed by atoms with Crippen LogP contribution in [0.4, 0.5) is 5.69 Å². The summed E-state index contributed by atoms with van der Waals surface area (Å²) >= 11 is 0. The molecule has 0 unspecified atom stereocenters. The maximum absolute atomic E-state index is 12.4. The molecule has 6 nitrogen and oxygen atoms in total. The summed E-state index contributed by atoms with van der Waals surface area (Å²) in [6.45, 7) is 0.588. The van der Waals surface area contributed by atoms with Crippen LogP contribution in [-0.2, 0) is 27.3 Å². The van der Waals surface area contributed by atoms with Crippen LogP contribution in [0.1, 0.15) is 16.7 Å². The largest absolute Gasteiger partial charge is 0.468 e. The molecule has 0 spiro atoms. The molecule has 0 fully saturated rings. The normalized spacial score (nSPS) is 16.2. The van der Waals surface area contributed by atoms with Gasteiger partial charge >= 0.3 is 5.97 Å². The van der Waals surface area contributed by atoms with Gasteiger partial charge in [0, 0.05) is 12.2 Å². The van der Waals surface area contributed by atoms with Gasteiger partial charge in [0.1, 0.15) is 6.04 Å². The lowest BCUT2D eigenvalue weighted by atomic mass is 9.94. The van der Waals surface area contributed by atoms with E-state index in [1.54, 1.807) is 24.3 Å². The number of benzene rings is 2. The van der Waals surface area contributed by atoms with E-state index >= 15 is 0 Å². The van der Waals surface area contributed by atoms with Gasteiger partial charge in [-0.2, -0.15) is 5.26 Å². The molecule has 1 atom stereocenters. The number of nitriles is 1. The van der Waals surface area contributed by atoms with E-state index in [2.05, 4.69) is 5.32 Å². The summed E-state index contributed by atoms with van der Waals surface area (Å²) in [4.78, 5) is 26.4. The molecule has 0 aliphatic carbocycles. The number of amides is 1. The molecule has 3 rings (SSSR count). The molecule has 1 amide bonds. The van der Waals surface area contributed by atoms with E-state index in [1.165, 1.54) is 7.11 Å². The van der Waals surface area contributed by atoms with E-state index < -0.39 is 6.04 Å². The molecular formula is C20H19N3O3. The first-order valence-electron chi connectivity index (χ1n) is 8.29. The van der Waals surface area contributed by atoms with Crippen molar-refractivity contribution in [1.29, 1.82) is 5.26 Å². The molecule has 1 heterocycles. The maximum atomic E-state index is 12.4. The summed E-state index contributed by atoms with van der Waals surface area (Å²) in [7, 11) is 1.36. The summed E-state index contributed by atoms with van der Waals surface area (Å²) in [6.07, 6.45) is 0.521. The van der Waals surface area contributed by atoms with Gasteiger partial charge in [0.05, 0.1) is 25.3 Å². The Balaban J connectivity index is 1.72. The number of nitrogens with zero attached hydrogens (tertiary/aromatic N) is 2. The smallest absolute Gasteiger partial charge is 0.323 e. The van der Waals surface area contributed by atoms with Crippen LogP contribution in [0.25, 0.3) is 0 Å². The lowest BCUT2D eigenvalue weighted by molar-refractivity contribution is -0.148. The molecule has 0 bridgehead atoms. The second-order valence-electron chi connectivity index (χ2n) is 6.15. The van der Waals surface area contributed by atoms with Crippen molar-refractivity contribution in [2.75, 3.05) is 19.0 Å². The van der Waals surface area contributed by atoms with Crippen LogP contribution in [0.3, 0.4) is 0 Å². The number of esters is 1. The van der Waals surface area contributed by atoms with Gasteiger partial charge in [0.2, 0.25) is 5.91 Å². The zero-order chi connectivity index (χ0) is 18.5. The number of nitrogens with one attached hydrogen (secondary N) is 1. The van der Waals surface area contributed by atoms with E-state index in [-0.39, 0.29) is 18.4 Å². The van der Waals surface area contributed by atoms with Crippen LogP contribution in [-0.4, -0.2) is 36.5 Å². The molecule has 1 N–H and O–H groups in total. The molecule has 0 saturated carbocycles. The van der Waals surface area contributed by atoms with Crippen LogP contribution in [0.2, 0.25) is 0 Å². The summed E-state index contributed by atoms with van der Waals surface area (Å²) < 4.78 is 4.92. The molecule has 0 aromatic heterocycles. The number of methoxy groups -OCH3 is 1. The zero-order valence-electron chi connectivity index (χ0n) is 14.4. The van der Waals surface area contributed by atoms with Gasteiger partial charge < -0.3 is 10.1 Å². The average molecular weight is 349 g/mol. The highest BCUT2D eigenvalue weighted by atomic mass is 16.5. The standard InChI is InChI=1S/C20H19N3O3/c1-26-20(25)18-10-15-4-2-3-5-16(15)12-23(18)13-19(24)22-17-8-6-14(11-21)7-9-17/h2-9,18H,10,12-13H2,1H3,(H,22,24)/t18-/m1/s1. The van der Waals surface area contributed by atoms with E-state index in [4.69, 9.17) is 10.00 Å². The van der Waals surface area contributed by atoms with Gasteiger partial charge in [-0.3, -0.25) is 14.5 Å². The van der Waals surface area contributed by atoms with Crippen LogP contribution in [0, 0.1) is 11.3 Å². The Kier molecular flexibility index (Phi) is 5.30. The molecule has 2 aromatic rings. The predicted molar refractivity (Wildman–Crippen MR) is 96.1 cm³/mol. The number of carbonyl (C=O) groups is 2. The number of ether oxygens (including phenoxy) is 1. The summed E-state index contributed by atoms with van der Waals surface area (Å²) in [5.41, 5.74) is 3.35. The fourth-order valence-corrected chi connectivity index (χ4v) is 3.12. The van der Waals surface area contributed by atoms with Crippen molar-refractivity contribution >= 4 is 17.6 Å². The van der Waals surface area contributed by atoms with E-state index in [0.717, 1.165) is 11.1 Å². The minimum absolute atomic E-state index is 0.0775. The molecule has 2 aromatic carbocycles. The van der Waals surface area contributed by atoms with E-state index in [9.17, 15) is 9.59 Å². The highest BCUT2D eigenvalue weighted by Gasteiger charge is 2.33. The number of anilines is 1. The third-order valence-corrected chi connectivity index (χ3v) is 4.46. The Morgan fingerprint density at radius 2 is 1.88 bits per heavy atom. The number of hydrogen-bond donors (Lipinski definition) is 1. The molecule has 1 aliphatic heterocycles. The Hall–Kier alpha value is -3.17. The maximum Gasteiger partial charge on any atom is 0.323 e. The van der Waals surface area contributed by atoms with Crippen molar-refractivity contribution in [3.8, 4) is 6.07 Å². The van der Waals surface area contributed by atoms with E-state index in [1.807, 2.05) is 35.2 Å². The minimum atomic E-state index is -0.485. The zero-order valence-corrected chi connectivity index (χ0v) is 14.4. The van der Waals surface area contributed by atoms with Crippen molar-refractivity contribution in [1.82, 2.24) is 4.90 Å². The first-order chi connectivity index (χ1) is 12.6. The first-order valence-corrected chi connectivity index (χ1v) is 8.29. The number of carbonyl (C=O) groups excluding carboxylic acids is 2. The third-order valence-electron chi connectivity index (χ3n) is 4.46. The molecule has 6 heteroatoms. The van der Waals surface area contributed by atoms with Crippen LogP contribution < -0.4 is 5.32 Å². The highest BCUT2D eigenvalue weighted by molar-refractivity contribution is 5.92. The topological polar surface area (TPSA) is 82.4 Å². The Bertz CT molecular complexity index is 855. The van der Waals surface area contributed by atoms with Crippen molar-refractivity contribution in [3.05, 3.63) is 65.2 Å². The molecule has 1 aliphatic rings. The third kappa shape index (κ3) is 3.90. The second-order valence-corrected chi connectivity index (χ2v) is 6.15. The Morgan fingerprint density at radius 1 is 1.19 bits per heavy atom. The molecular weight excluding hydrogens is 330 g/mol. The monoisotopic (exact) mass is 349 g/mol. The van der Waals surface area contributed by atoms with Crippen LogP contribution in [0.15, 0.2) is 48.5 Å². The second kappa shape index (κ2) is 7.81. The average Bonchev–Trinajstić information content (AvgIpc) is 2.67. The van der Waals surface area contributed by atoms with Crippen molar-refractivity contribution in [2.24, 2.45) is 0 Å². The van der Waals surface area contributed by atoms with Gasteiger partial charge in [-0.05, 0) is 41.8 Å². The minimum Gasteiger partial charge on any atom is -0.468 e. The van der Waals surface area contributed by atoms with Crippen molar-refractivity contribution < 1.29 is 14.3 Å². The van der Waals surface area contributed by atoms with Crippen molar-refractivity contribution in [3.63, 3.8) is 0 Å². The highest BCUT2D eigenvalue weighted by Crippen LogP contribution is 2.24. The SMILES string of the molecule is COC(=O)[C@H]1Cc2ccccc2CN1CC(=O)Nc1ccc(C#N)cc1. The van der Waals surface area contributed by atoms with Gasteiger partial charge in [-0.15, -0.1) is 0 Å². The molecule has 0 saturated heterocycles. The fraction of sp³-hybridized carbons (Fsp3) is 0.250. The number of fused-ring (bicyclic) bond motifs is 1. The lowest BCUT2D eigenvalue weighted by Gasteiger charge is -2.34. The quantitative estimate of drug-likeness (QED) is 0.855. The van der Waals surface area contributed by atoms with Crippen LogP contribution >= 0.6 is 0 Å². The first kappa shape index (κ1) is 17.6. The van der Waals surface area contributed by atoms with E-state index in [0.29, 0.717) is 24.2 Å². The Labute approximate surface area is 152 Å². The molecule has 0 radical (unpaired) electrons. The summed E-state index contributed by atoms with van der Waals surface area (Å²) in [5.74, 6) is -0.561. The summed E-state index contributed by atoms with van der Waals surface area (Å²) in [6, 6.07) is 16.1. The molecule has 132 valence electrons. The van der Waals surface area contributed by atoms with Gasteiger partial charge in [0.15, 0.2) is 0 Å². The Morgan fingerprint density at radius 3 is 2.54 bits per heavy atom. The fourth-order valence-electron chi connectivity index (χ4n) is 3.12. The van der Waals surface area contributed by atoms with Crippen molar-refractivity contribution in [2.45, 2.75) is 19.0 Å². The number of hydrogen-bond acceptors (Lipinski definition) is 5. The predicted octanol–water partition coefficient (Wildman–Crippen LogP) is 2.10. The summed E-state index contributed by atoms with van der Waals surface area (Å²) in [5, 5.41) is 11.6. The lowest BCUT2D eigenvalue weighted by Crippen LogP contribution is -2.49. The van der Waals surface area contributed by atoms with Gasteiger partial charge in [0.25, 0.3) is 0 Å². The van der Waals surface area contributed by atoms with Crippen LogP contribution in [0.5, 0.6) is 0 Å². The van der Waals surface area contributed by atoms with Gasteiger partial charge in [-0.25, -0.2) is 0 Å². The number of rotatable bonds is 4. The molecule has 26 heavy (non-hydrogen) atoms.